The van der Waals surface area contributed by atoms with E-state index < -0.39 is 0 Å². The normalized spacial score (nSPS) is 18.5. The molecule has 2 aromatic carbocycles. The summed E-state index contributed by atoms with van der Waals surface area (Å²) in [6.45, 7) is 3.75. The molecule has 2 aliphatic rings. The first-order chi connectivity index (χ1) is 9.43. The molecular formula is C18H19N. The molecule has 19 heavy (non-hydrogen) atoms. The molecule has 1 fully saturated rings. The molecule has 1 aliphatic heterocycles. The molecule has 1 nitrogen and oxygen atoms in total. The van der Waals surface area contributed by atoms with Gasteiger partial charge in [-0.15, -0.1) is 0 Å². The highest BCUT2D eigenvalue weighted by atomic mass is 15.1. The zero-order valence-corrected chi connectivity index (χ0v) is 11.2. The summed E-state index contributed by atoms with van der Waals surface area (Å²) in [5.41, 5.74) is 5.94. The van der Waals surface area contributed by atoms with Crippen LogP contribution in [0.15, 0.2) is 48.5 Å². The first-order valence-corrected chi connectivity index (χ1v) is 7.34. The zero-order valence-electron chi connectivity index (χ0n) is 11.2. The summed E-state index contributed by atoms with van der Waals surface area (Å²) in [6, 6.07) is 17.9. The molecule has 1 heterocycles. The average molecular weight is 249 g/mol. The molecule has 4 rings (SSSR count). The number of hydrogen-bond donors (Lipinski definition) is 0. The Balaban J connectivity index is 1.77. The summed E-state index contributed by atoms with van der Waals surface area (Å²) in [5, 5.41) is 0. The van der Waals surface area contributed by atoms with Gasteiger partial charge in [-0.25, -0.2) is 0 Å². The van der Waals surface area contributed by atoms with Gasteiger partial charge < -0.3 is 4.90 Å². The Hall–Kier alpha value is -1.60. The van der Waals surface area contributed by atoms with Crippen LogP contribution in [0.25, 0.3) is 11.1 Å². The van der Waals surface area contributed by atoms with E-state index in [0.717, 1.165) is 0 Å². The summed E-state index contributed by atoms with van der Waals surface area (Å²) in [7, 11) is 0. The van der Waals surface area contributed by atoms with Crippen molar-refractivity contribution in [1.29, 1.82) is 0 Å². The molecule has 0 bridgehead atoms. The van der Waals surface area contributed by atoms with Gasteiger partial charge >= 0.3 is 0 Å². The Kier molecular flexibility index (Phi) is 2.66. The Bertz CT molecular complexity index is 551. The first-order valence-electron chi connectivity index (χ1n) is 7.34. The maximum atomic E-state index is 2.63. The SMILES string of the molecule is c1ccc2c(c1)-c1ccccc1C2CN1CCCC1. The van der Waals surface area contributed by atoms with E-state index >= 15 is 0 Å². The van der Waals surface area contributed by atoms with Crippen LogP contribution in [0.1, 0.15) is 29.9 Å². The predicted molar refractivity (Wildman–Crippen MR) is 79.4 cm³/mol. The number of fused-ring (bicyclic) bond motifs is 3. The molecule has 0 N–H and O–H groups in total. The van der Waals surface area contributed by atoms with Crippen molar-refractivity contribution in [2.75, 3.05) is 19.6 Å². The molecule has 0 spiro atoms. The maximum absolute atomic E-state index is 2.63. The van der Waals surface area contributed by atoms with Crippen molar-refractivity contribution in [2.24, 2.45) is 0 Å². The van der Waals surface area contributed by atoms with Crippen LogP contribution in [-0.4, -0.2) is 24.5 Å². The predicted octanol–water partition coefficient (Wildman–Crippen LogP) is 3.89. The van der Waals surface area contributed by atoms with E-state index in [-0.39, 0.29) is 0 Å². The van der Waals surface area contributed by atoms with E-state index in [1.54, 1.807) is 0 Å². The largest absolute Gasteiger partial charge is 0.302 e. The number of nitrogens with zero attached hydrogens (tertiary/aromatic N) is 1. The molecule has 0 amide bonds. The van der Waals surface area contributed by atoms with Crippen LogP contribution in [0, 0.1) is 0 Å². The zero-order chi connectivity index (χ0) is 12.7. The number of benzene rings is 2. The van der Waals surface area contributed by atoms with E-state index in [1.165, 1.54) is 54.7 Å². The lowest BCUT2D eigenvalue weighted by Crippen LogP contribution is -2.25. The third-order valence-corrected chi connectivity index (χ3v) is 4.60. The van der Waals surface area contributed by atoms with Crippen LogP contribution in [0.3, 0.4) is 0 Å². The summed E-state index contributed by atoms with van der Waals surface area (Å²) in [4.78, 5) is 2.63. The van der Waals surface area contributed by atoms with Gasteiger partial charge in [0.25, 0.3) is 0 Å². The van der Waals surface area contributed by atoms with Crippen molar-refractivity contribution in [3.63, 3.8) is 0 Å². The van der Waals surface area contributed by atoms with Crippen LogP contribution in [0.2, 0.25) is 0 Å². The van der Waals surface area contributed by atoms with Gasteiger partial charge in [0.15, 0.2) is 0 Å². The maximum Gasteiger partial charge on any atom is 0.0229 e. The van der Waals surface area contributed by atoms with Crippen LogP contribution in [0.4, 0.5) is 0 Å². The van der Waals surface area contributed by atoms with Crippen molar-refractivity contribution in [3.05, 3.63) is 59.7 Å². The van der Waals surface area contributed by atoms with Crippen LogP contribution < -0.4 is 0 Å². The van der Waals surface area contributed by atoms with E-state index in [2.05, 4.69) is 53.4 Å². The van der Waals surface area contributed by atoms with Gasteiger partial charge in [0.2, 0.25) is 0 Å². The summed E-state index contributed by atoms with van der Waals surface area (Å²) >= 11 is 0. The van der Waals surface area contributed by atoms with Gasteiger partial charge in [-0.3, -0.25) is 0 Å². The lowest BCUT2D eigenvalue weighted by molar-refractivity contribution is 0.329. The van der Waals surface area contributed by atoms with Gasteiger partial charge in [0.1, 0.15) is 0 Å². The fourth-order valence-electron chi connectivity index (χ4n) is 3.68. The minimum absolute atomic E-state index is 0.575. The Labute approximate surface area is 114 Å². The van der Waals surface area contributed by atoms with Gasteiger partial charge in [-0.2, -0.15) is 0 Å². The number of hydrogen-bond acceptors (Lipinski definition) is 1. The quantitative estimate of drug-likeness (QED) is 0.780. The molecule has 1 heteroatoms. The average Bonchev–Trinajstić information content (AvgIpc) is 3.08. The summed E-state index contributed by atoms with van der Waals surface area (Å²) in [6.07, 6.45) is 2.74. The lowest BCUT2D eigenvalue weighted by Gasteiger charge is -2.21. The molecule has 0 radical (unpaired) electrons. The number of rotatable bonds is 2. The van der Waals surface area contributed by atoms with Gasteiger partial charge in [0.05, 0.1) is 0 Å². The van der Waals surface area contributed by atoms with E-state index in [4.69, 9.17) is 0 Å². The minimum atomic E-state index is 0.575. The second-order valence-corrected chi connectivity index (χ2v) is 5.73. The molecule has 2 aromatic rings. The van der Waals surface area contributed by atoms with Crippen molar-refractivity contribution in [2.45, 2.75) is 18.8 Å². The highest BCUT2D eigenvalue weighted by molar-refractivity contribution is 5.78. The molecule has 1 aliphatic carbocycles. The molecule has 1 saturated heterocycles. The van der Waals surface area contributed by atoms with Crippen molar-refractivity contribution in [1.82, 2.24) is 4.90 Å². The second-order valence-electron chi connectivity index (χ2n) is 5.73. The van der Waals surface area contributed by atoms with Crippen LogP contribution in [-0.2, 0) is 0 Å². The Morgan fingerprint density at radius 3 is 1.89 bits per heavy atom. The Morgan fingerprint density at radius 2 is 1.32 bits per heavy atom. The molecule has 0 unspecified atom stereocenters. The van der Waals surface area contributed by atoms with Gasteiger partial charge in [0, 0.05) is 12.5 Å². The fraction of sp³-hybridized carbons (Fsp3) is 0.333. The summed E-state index contributed by atoms with van der Waals surface area (Å²) in [5.74, 6) is 0.575. The van der Waals surface area contributed by atoms with Crippen molar-refractivity contribution in [3.8, 4) is 11.1 Å². The third-order valence-electron chi connectivity index (χ3n) is 4.60. The molecule has 0 aromatic heterocycles. The van der Waals surface area contributed by atoms with E-state index in [1.807, 2.05) is 0 Å². The molecule has 96 valence electrons. The topological polar surface area (TPSA) is 3.24 Å². The standard InChI is InChI=1S/C18H19N/c1-3-9-16-14(7-1)15-8-2-4-10-17(15)18(16)13-19-11-5-6-12-19/h1-4,7-10,18H,5-6,11-13H2. The molecular weight excluding hydrogens is 230 g/mol. The molecule has 0 saturated carbocycles. The third kappa shape index (κ3) is 1.81. The smallest absolute Gasteiger partial charge is 0.0229 e. The fourth-order valence-corrected chi connectivity index (χ4v) is 3.68. The summed E-state index contributed by atoms with van der Waals surface area (Å²) < 4.78 is 0. The van der Waals surface area contributed by atoms with Gasteiger partial charge in [-0.1, -0.05) is 48.5 Å². The second kappa shape index (κ2) is 4.50. The van der Waals surface area contributed by atoms with Crippen molar-refractivity contribution >= 4 is 0 Å². The Morgan fingerprint density at radius 1 is 0.789 bits per heavy atom. The van der Waals surface area contributed by atoms with Gasteiger partial charge in [-0.05, 0) is 48.2 Å². The first kappa shape index (κ1) is 11.2. The van der Waals surface area contributed by atoms with Crippen molar-refractivity contribution < 1.29 is 0 Å². The van der Waals surface area contributed by atoms with E-state index in [9.17, 15) is 0 Å². The lowest BCUT2D eigenvalue weighted by atomic mass is 9.96. The highest BCUT2D eigenvalue weighted by Gasteiger charge is 2.29. The minimum Gasteiger partial charge on any atom is -0.302 e. The number of likely N-dealkylation sites (tertiary alicyclic amines) is 1. The molecule has 0 atom stereocenters. The van der Waals surface area contributed by atoms with Crippen LogP contribution in [0.5, 0.6) is 0 Å². The monoisotopic (exact) mass is 249 g/mol. The van der Waals surface area contributed by atoms with E-state index in [0.29, 0.717) is 5.92 Å². The van der Waals surface area contributed by atoms with Crippen LogP contribution >= 0.6 is 0 Å². The highest BCUT2D eigenvalue weighted by Crippen LogP contribution is 2.44.